The van der Waals surface area contributed by atoms with Gasteiger partial charge in [-0.25, -0.2) is 0 Å². The minimum atomic E-state index is -0.320. The lowest BCUT2D eigenvalue weighted by molar-refractivity contribution is -0.385. The van der Waals surface area contributed by atoms with Crippen LogP contribution in [0, 0.1) is 10.1 Å². The van der Waals surface area contributed by atoms with Crippen LogP contribution in [-0.2, 0) is 5.75 Å². The lowest BCUT2D eigenvalue weighted by atomic mass is 10.1. The highest BCUT2D eigenvalue weighted by Crippen LogP contribution is 2.32. The number of benzene rings is 3. The summed E-state index contributed by atoms with van der Waals surface area (Å²) in [6.45, 7) is 0. The van der Waals surface area contributed by atoms with Crippen LogP contribution in [0.5, 0.6) is 0 Å². The molecule has 3 aromatic carbocycles. The Kier molecular flexibility index (Phi) is 3.88. The highest BCUT2D eigenvalue weighted by Gasteiger charge is 2.12. The average Bonchev–Trinajstić information content (AvgIpc) is 2.53. The van der Waals surface area contributed by atoms with E-state index in [9.17, 15) is 10.1 Å². The van der Waals surface area contributed by atoms with Gasteiger partial charge in [-0.3, -0.25) is 10.1 Å². The first-order chi connectivity index (χ1) is 10.3. The van der Waals surface area contributed by atoms with Gasteiger partial charge in [0.15, 0.2) is 0 Å². The second-order valence-electron chi connectivity index (χ2n) is 4.65. The normalized spacial score (nSPS) is 10.7. The molecule has 3 aromatic rings. The summed E-state index contributed by atoms with van der Waals surface area (Å²) >= 11 is 1.63. The van der Waals surface area contributed by atoms with Gasteiger partial charge in [0.05, 0.1) is 4.92 Å². The van der Waals surface area contributed by atoms with Crippen molar-refractivity contribution in [2.45, 2.75) is 10.6 Å². The topological polar surface area (TPSA) is 43.1 Å². The van der Waals surface area contributed by atoms with E-state index in [4.69, 9.17) is 0 Å². The van der Waals surface area contributed by atoms with Crippen LogP contribution in [0.4, 0.5) is 5.69 Å². The maximum absolute atomic E-state index is 11.0. The third kappa shape index (κ3) is 2.90. The first-order valence-electron chi connectivity index (χ1n) is 6.58. The van der Waals surface area contributed by atoms with E-state index < -0.39 is 0 Å². The van der Waals surface area contributed by atoms with E-state index in [1.165, 1.54) is 10.8 Å². The van der Waals surface area contributed by atoms with Crippen LogP contribution in [0.15, 0.2) is 71.6 Å². The number of para-hydroxylation sites is 1. The summed E-state index contributed by atoms with van der Waals surface area (Å²) in [5.74, 6) is 0.588. The number of nitro benzene ring substituents is 1. The molecule has 0 amide bonds. The van der Waals surface area contributed by atoms with Crippen molar-refractivity contribution >= 4 is 28.2 Å². The molecular weight excluding hydrogens is 282 g/mol. The summed E-state index contributed by atoms with van der Waals surface area (Å²) in [4.78, 5) is 11.9. The van der Waals surface area contributed by atoms with Crippen molar-refractivity contribution in [3.63, 3.8) is 0 Å². The Morgan fingerprint density at radius 2 is 1.62 bits per heavy atom. The van der Waals surface area contributed by atoms with E-state index in [0.717, 1.165) is 10.5 Å². The molecule has 0 bridgehead atoms. The summed E-state index contributed by atoms with van der Waals surface area (Å²) in [5, 5.41) is 13.4. The quantitative estimate of drug-likeness (QED) is 0.385. The largest absolute Gasteiger partial charge is 0.273 e. The fourth-order valence-electron chi connectivity index (χ4n) is 2.29. The zero-order valence-electron chi connectivity index (χ0n) is 11.2. The first-order valence-corrected chi connectivity index (χ1v) is 7.57. The van der Waals surface area contributed by atoms with Gasteiger partial charge in [0.2, 0.25) is 0 Å². The summed E-state index contributed by atoms with van der Waals surface area (Å²) < 4.78 is 0. The van der Waals surface area contributed by atoms with Crippen LogP contribution in [0.25, 0.3) is 10.8 Å². The van der Waals surface area contributed by atoms with Gasteiger partial charge in [-0.1, -0.05) is 54.6 Å². The molecule has 0 saturated heterocycles. The maximum atomic E-state index is 11.0. The predicted molar refractivity (Wildman–Crippen MR) is 86.6 cm³/mol. The molecule has 0 spiro atoms. The predicted octanol–water partition coefficient (Wildman–Crippen LogP) is 5.04. The molecular formula is C17H13NO2S. The van der Waals surface area contributed by atoms with Crippen molar-refractivity contribution in [3.05, 3.63) is 82.4 Å². The molecule has 0 N–H and O–H groups in total. The Bertz CT molecular complexity index is 796. The van der Waals surface area contributed by atoms with Crippen LogP contribution in [-0.4, -0.2) is 4.92 Å². The molecule has 3 rings (SSSR count). The fraction of sp³-hybridized carbons (Fsp3) is 0.0588. The van der Waals surface area contributed by atoms with Crippen molar-refractivity contribution < 1.29 is 4.92 Å². The van der Waals surface area contributed by atoms with Gasteiger partial charge in [0.1, 0.15) is 0 Å². The highest BCUT2D eigenvalue weighted by atomic mass is 32.2. The minimum Gasteiger partial charge on any atom is -0.258 e. The van der Waals surface area contributed by atoms with Gasteiger partial charge in [-0.15, -0.1) is 11.8 Å². The monoisotopic (exact) mass is 295 g/mol. The maximum Gasteiger partial charge on any atom is 0.273 e. The molecule has 0 aliphatic carbocycles. The lowest BCUT2D eigenvalue weighted by Gasteiger charge is -2.06. The van der Waals surface area contributed by atoms with E-state index >= 15 is 0 Å². The Morgan fingerprint density at radius 3 is 2.48 bits per heavy atom. The van der Waals surface area contributed by atoms with Crippen LogP contribution >= 0.6 is 11.8 Å². The van der Waals surface area contributed by atoms with Crippen molar-refractivity contribution in [3.8, 4) is 0 Å². The number of nitro groups is 1. The SMILES string of the molecule is O=[N+]([O-])c1ccccc1CSc1cccc2ccccc12. The van der Waals surface area contributed by atoms with E-state index in [-0.39, 0.29) is 10.6 Å². The summed E-state index contributed by atoms with van der Waals surface area (Å²) in [6.07, 6.45) is 0. The number of hydrogen-bond donors (Lipinski definition) is 0. The molecule has 0 unspecified atom stereocenters. The molecule has 0 aliphatic heterocycles. The Hall–Kier alpha value is -2.33. The van der Waals surface area contributed by atoms with Crippen LogP contribution in [0.2, 0.25) is 0 Å². The van der Waals surface area contributed by atoms with Crippen LogP contribution in [0.1, 0.15) is 5.56 Å². The second-order valence-corrected chi connectivity index (χ2v) is 5.67. The van der Waals surface area contributed by atoms with E-state index in [2.05, 4.69) is 24.3 Å². The van der Waals surface area contributed by atoms with Gasteiger partial charge in [-0.2, -0.15) is 0 Å². The van der Waals surface area contributed by atoms with Crippen molar-refractivity contribution in [2.24, 2.45) is 0 Å². The lowest BCUT2D eigenvalue weighted by Crippen LogP contribution is -1.93. The van der Waals surface area contributed by atoms with Crippen molar-refractivity contribution in [1.29, 1.82) is 0 Å². The zero-order chi connectivity index (χ0) is 14.7. The van der Waals surface area contributed by atoms with Gasteiger partial charge < -0.3 is 0 Å². The molecule has 0 heterocycles. The molecule has 0 aromatic heterocycles. The van der Waals surface area contributed by atoms with Gasteiger partial charge in [-0.05, 0) is 16.8 Å². The van der Waals surface area contributed by atoms with Crippen molar-refractivity contribution in [2.75, 3.05) is 0 Å². The smallest absolute Gasteiger partial charge is 0.258 e. The molecule has 0 saturated carbocycles. The minimum absolute atomic E-state index is 0.185. The fourth-order valence-corrected chi connectivity index (χ4v) is 3.36. The third-order valence-electron chi connectivity index (χ3n) is 3.32. The third-order valence-corrected chi connectivity index (χ3v) is 4.44. The van der Waals surface area contributed by atoms with E-state index in [1.54, 1.807) is 23.9 Å². The van der Waals surface area contributed by atoms with Gasteiger partial charge in [0.25, 0.3) is 5.69 Å². The van der Waals surface area contributed by atoms with Crippen LogP contribution < -0.4 is 0 Å². The number of hydrogen-bond acceptors (Lipinski definition) is 3. The molecule has 3 nitrogen and oxygen atoms in total. The molecule has 0 atom stereocenters. The Labute approximate surface area is 126 Å². The van der Waals surface area contributed by atoms with E-state index in [1.807, 2.05) is 30.3 Å². The average molecular weight is 295 g/mol. The number of fused-ring (bicyclic) bond motifs is 1. The standard InChI is InChI=1S/C17H13NO2S/c19-18(20)16-10-4-2-7-14(16)12-21-17-11-5-8-13-6-1-3-9-15(13)17/h1-11H,12H2. The second kappa shape index (κ2) is 5.97. The molecule has 0 aliphatic rings. The Balaban J connectivity index is 1.89. The zero-order valence-corrected chi connectivity index (χ0v) is 12.0. The number of rotatable bonds is 4. The summed E-state index contributed by atoms with van der Waals surface area (Å²) in [7, 11) is 0. The molecule has 0 radical (unpaired) electrons. The molecule has 21 heavy (non-hydrogen) atoms. The van der Waals surface area contributed by atoms with Gasteiger partial charge >= 0.3 is 0 Å². The summed E-state index contributed by atoms with van der Waals surface area (Å²) in [5.41, 5.74) is 0.936. The molecule has 0 fully saturated rings. The first kappa shape index (κ1) is 13.6. The Morgan fingerprint density at radius 1 is 0.905 bits per heavy atom. The van der Waals surface area contributed by atoms with E-state index in [0.29, 0.717) is 5.75 Å². The summed E-state index contributed by atoms with van der Waals surface area (Å²) in [6, 6.07) is 21.2. The molecule has 4 heteroatoms. The number of thioether (sulfide) groups is 1. The highest BCUT2D eigenvalue weighted by molar-refractivity contribution is 7.98. The molecule has 104 valence electrons. The van der Waals surface area contributed by atoms with Gasteiger partial charge in [0, 0.05) is 22.3 Å². The number of nitrogens with zero attached hydrogens (tertiary/aromatic N) is 1. The van der Waals surface area contributed by atoms with Crippen LogP contribution in [0.3, 0.4) is 0 Å². The van der Waals surface area contributed by atoms with Crippen molar-refractivity contribution in [1.82, 2.24) is 0 Å².